The topological polar surface area (TPSA) is 76.0 Å². The summed E-state index contributed by atoms with van der Waals surface area (Å²) in [6, 6.07) is 2.74. The van der Waals surface area contributed by atoms with E-state index in [1.807, 2.05) is 6.07 Å². The Balaban J connectivity index is 1.95. The third-order valence-electron chi connectivity index (χ3n) is 3.52. The predicted molar refractivity (Wildman–Crippen MR) is 84.4 cm³/mol. The molecule has 0 fully saturated rings. The molecule has 0 aliphatic rings. The number of hydrogen-bond donors (Lipinski definition) is 2. The van der Waals surface area contributed by atoms with Crippen molar-refractivity contribution in [2.45, 2.75) is 26.8 Å². The van der Waals surface area contributed by atoms with Crippen LogP contribution in [0.3, 0.4) is 0 Å². The molecule has 2 aromatic rings. The fourth-order valence-corrected chi connectivity index (χ4v) is 2.28. The second-order valence-corrected chi connectivity index (χ2v) is 5.54. The minimum absolute atomic E-state index is 0.457. The molecular formula is C16H17F3N4O2. The van der Waals surface area contributed by atoms with Gasteiger partial charge < -0.3 is 10.6 Å². The van der Waals surface area contributed by atoms with Gasteiger partial charge in [0.05, 0.1) is 17.9 Å². The number of aryl methyl sites for hydroxylation is 2. The highest BCUT2D eigenvalue weighted by Crippen LogP contribution is 2.19. The van der Waals surface area contributed by atoms with E-state index in [0.717, 1.165) is 17.5 Å². The summed E-state index contributed by atoms with van der Waals surface area (Å²) in [4.78, 5) is 23.9. The van der Waals surface area contributed by atoms with Crippen molar-refractivity contribution < 1.29 is 22.8 Å². The zero-order chi connectivity index (χ0) is 18.7. The van der Waals surface area contributed by atoms with Gasteiger partial charge in [-0.25, -0.2) is 13.2 Å². The number of anilines is 1. The molecule has 0 saturated carbocycles. The van der Waals surface area contributed by atoms with Crippen LogP contribution < -0.4 is 10.6 Å². The molecular weight excluding hydrogens is 337 g/mol. The Morgan fingerprint density at radius 2 is 1.88 bits per heavy atom. The summed E-state index contributed by atoms with van der Waals surface area (Å²) < 4.78 is 41.0. The number of carbonyl (C=O) groups is 2. The molecule has 0 unspecified atom stereocenters. The summed E-state index contributed by atoms with van der Waals surface area (Å²) in [5, 5.41) is 8.63. The highest BCUT2D eigenvalue weighted by Gasteiger charge is 2.19. The lowest BCUT2D eigenvalue weighted by Crippen LogP contribution is -2.37. The lowest BCUT2D eigenvalue weighted by molar-refractivity contribution is -0.126. The smallest absolute Gasteiger partial charge is 0.245 e. The lowest BCUT2D eigenvalue weighted by atomic mass is 10.2. The van der Waals surface area contributed by atoms with Crippen LogP contribution in [0.5, 0.6) is 0 Å². The fraction of sp³-hybridized carbons (Fsp3) is 0.312. The van der Waals surface area contributed by atoms with Crippen molar-refractivity contribution in [3.05, 3.63) is 47.0 Å². The first-order chi connectivity index (χ1) is 11.7. The quantitative estimate of drug-likeness (QED) is 0.809. The molecule has 0 bridgehead atoms. The average molecular weight is 354 g/mol. The molecule has 1 aromatic heterocycles. The number of amides is 2. The molecule has 2 N–H and O–H groups in total. The Morgan fingerprint density at radius 1 is 1.20 bits per heavy atom. The number of nitrogens with zero attached hydrogens (tertiary/aromatic N) is 2. The van der Waals surface area contributed by atoms with Crippen molar-refractivity contribution in [2.24, 2.45) is 0 Å². The third kappa shape index (κ3) is 4.17. The molecule has 6 nitrogen and oxygen atoms in total. The summed E-state index contributed by atoms with van der Waals surface area (Å²) in [6.45, 7) is 4.74. The van der Waals surface area contributed by atoms with Crippen LogP contribution in [0.15, 0.2) is 18.2 Å². The molecule has 2 amide bonds. The van der Waals surface area contributed by atoms with Crippen LogP contribution in [-0.2, 0) is 9.59 Å². The van der Waals surface area contributed by atoms with Crippen molar-refractivity contribution in [3.8, 4) is 0 Å². The third-order valence-corrected chi connectivity index (χ3v) is 3.52. The van der Waals surface area contributed by atoms with Crippen LogP contribution in [-0.4, -0.2) is 28.1 Å². The maximum Gasteiger partial charge on any atom is 0.245 e. The van der Waals surface area contributed by atoms with Crippen LogP contribution in [0.4, 0.5) is 18.9 Å². The van der Waals surface area contributed by atoms with E-state index in [9.17, 15) is 22.8 Å². The maximum absolute atomic E-state index is 13.5. The van der Waals surface area contributed by atoms with Crippen LogP contribution in [0.2, 0.25) is 0 Å². The molecule has 2 rings (SSSR count). The van der Waals surface area contributed by atoms with E-state index in [2.05, 4.69) is 15.7 Å². The number of aromatic nitrogens is 2. The van der Waals surface area contributed by atoms with Crippen molar-refractivity contribution in [3.63, 3.8) is 0 Å². The van der Waals surface area contributed by atoms with Gasteiger partial charge in [-0.1, -0.05) is 0 Å². The Labute approximate surface area is 142 Å². The van der Waals surface area contributed by atoms with Crippen molar-refractivity contribution in [1.29, 1.82) is 0 Å². The molecule has 0 saturated heterocycles. The van der Waals surface area contributed by atoms with E-state index in [1.54, 1.807) is 20.8 Å². The monoisotopic (exact) mass is 354 g/mol. The first-order valence-electron chi connectivity index (χ1n) is 7.44. The van der Waals surface area contributed by atoms with E-state index >= 15 is 0 Å². The second-order valence-electron chi connectivity index (χ2n) is 5.54. The van der Waals surface area contributed by atoms with E-state index < -0.39 is 47.5 Å². The molecule has 9 heteroatoms. The van der Waals surface area contributed by atoms with Gasteiger partial charge in [0.1, 0.15) is 6.04 Å². The SMILES string of the molecule is Cc1cc(C)n([C@@H](C)C(=O)NCC(=O)Nc2ccc(F)c(F)c2F)n1. The first-order valence-corrected chi connectivity index (χ1v) is 7.44. The van der Waals surface area contributed by atoms with Gasteiger partial charge >= 0.3 is 0 Å². The molecule has 0 spiro atoms. The maximum atomic E-state index is 13.5. The average Bonchev–Trinajstić information content (AvgIpc) is 2.90. The highest BCUT2D eigenvalue weighted by molar-refractivity contribution is 5.95. The van der Waals surface area contributed by atoms with E-state index in [0.29, 0.717) is 6.07 Å². The Morgan fingerprint density at radius 3 is 2.48 bits per heavy atom. The zero-order valence-corrected chi connectivity index (χ0v) is 13.9. The number of benzene rings is 1. The molecule has 25 heavy (non-hydrogen) atoms. The normalized spacial score (nSPS) is 11.9. The van der Waals surface area contributed by atoms with Gasteiger partial charge in [-0.15, -0.1) is 0 Å². The van der Waals surface area contributed by atoms with Crippen LogP contribution in [0, 0.1) is 31.3 Å². The first kappa shape index (κ1) is 18.5. The number of nitrogens with one attached hydrogen (secondary N) is 2. The second kappa shape index (κ2) is 7.37. The van der Waals surface area contributed by atoms with Crippen molar-refractivity contribution in [1.82, 2.24) is 15.1 Å². The van der Waals surface area contributed by atoms with E-state index in [4.69, 9.17) is 0 Å². The van der Waals surface area contributed by atoms with Gasteiger partial charge in [0.25, 0.3) is 0 Å². The fourth-order valence-electron chi connectivity index (χ4n) is 2.28. The number of halogens is 3. The highest BCUT2D eigenvalue weighted by atomic mass is 19.2. The van der Waals surface area contributed by atoms with Gasteiger partial charge in [-0.2, -0.15) is 5.10 Å². The number of hydrogen-bond acceptors (Lipinski definition) is 3. The Hall–Kier alpha value is -2.84. The number of carbonyl (C=O) groups excluding carboxylic acids is 2. The van der Waals surface area contributed by atoms with Crippen LogP contribution in [0.1, 0.15) is 24.4 Å². The summed E-state index contributed by atoms with van der Waals surface area (Å²) in [6.07, 6.45) is 0. The Kier molecular flexibility index (Phi) is 5.45. The van der Waals surface area contributed by atoms with Gasteiger partial charge in [0.2, 0.25) is 11.8 Å². The van der Waals surface area contributed by atoms with Gasteiger partial charge in [0.15, 0.2) is 17.5 Å². The van der Waals surface area contributed by atoms with Gasteiger partial charge in [-0.05, 0) is 39.0 Å². The molecule has 1 heterocycles. The minimum Gasteiger partial charge on any atom is -0.345 e. The van der Waals surface area contributed by atoms with Crippen molar-refractivity contribution in [2.75, 3.05) is 11.9 Å². The molecule has 134 valence electrons. The number of rotatable bonds is 5. The van der Waals surface area contributed by atoms with E-state index in [-0.39, 0.29) is 0 Å². The Bertz CT molecular complexity index is 820. The molecule has 0 aliphatic heterocycles. The van der Waals surface area contributed by atoms with Crippen LogP contribution >= 0.6 is 0 Å². The molecule has 1 aromatic carbocycles. The summed E-state index contributed by atoms with van der Waals surface area (Å²) in [5.74, 6) is -5.79. The molecule has 0 radical (unpaired) electrons. The molecule has 1 atom stereocenters. The van der Waals surface area contributed by atoms with E-state index in [1.165, 1.54) is 4.68 Å². The predicted octanol–water partition coefficient (Wildman–Crippen LogP) is 2.23. The minimum atomic E-state index is -1.68. The largest absolute Gasteiger partial charge is 0.345 e. The van der Waals surface area contributed by atoms with Crippen molar-refractivity contribution >= 4 is 17.5 Å². The standard InChI is InChI=1S/C16H17F3N4O2/c1-8-6-9(2)23(22-8)10(3)16(25)20-7-13(24)21-12-5-4-11(17)14(18)15(12)19/h4-6,10H,7H2,1-3H3,(H,20,25)(H,21,24)/t10-/m0/s1. The van der Waals surface area contributed by atoms with Gasteiger partial charge in [-0.3, -0.25) is 14.3 Å². The molecule has 0 aliphatic carbocycles. The zero-order valence-electron chi connectivity index (χ0n) is 13.9. The summed E-state index contributed by atoms with van der Waals surface area (Å²) >= 11 is 0. The van der Waals surface area contributed by atoms with Gasteiger partial charge in [0, 0.05) is 5.69 Å². The lowest BCUT2D eigenvalue weighted by Gasteiger charge is -2.14. The van der Waals surface area contributed by atoms with Crippen LogP contribution in [0.25, 0.3) is 0 Å². The summed E-state index contributed by atoms with van der Waals surface area (Å²) in [7, 11) is 0. The summed E-state index contributed by atoms with van der Waals surface area (Å²) in [5.41, 5.74) is 1.03.